The fourth-order valence-electron chi connectivity index (χ4n) is 3.27. The van der Waals surface area contributed by atoms with Gasteiger partial charge in [-0.25, -0.2) is 0 Å². The number of aromatic nitrogens is 3. The number of nitrogens with one attached hydrogen (secondary N) is 2. The molecule has 0 bridgehead atoms. The Morgan fingerprint density at radius 2 is 1.38 bits per heavy atom. The van der Waals surface area contributed by atoms with Crippen LogP contribution >= 0.6 is 0 Å². The van der Waals surface area contributed by atoms with Gasteiger partial charge in [-0.15, -0.1) is 5.10 Å². The number of carbonyl (C=O) groups excluding carboxylic acids is 1. The molecule has 0 aliphatic carbocycles. The van der Waals surface area contributed by atoms with Crippen molar-refractivity contribution in [3.63, 3.8) is 0 Å². The summed E-state index contributed by atoms with van der Waals surface area (Å²) in [5.74, 6) is 0.120. The Morgan fingerprint density at radius 3 is 1.91 bits per heavy atom. The summed E-state index contributed by atoms with van der Waals surface area (Å²) in [4.78, 5) is 28.0. The lowest BCUT2D eigenvalue weighted by Crippen LogP contribution is -2.17. The summed E-state index contributed by atoms with van der Waals surface area (Å²) in [5.41, 5.74) is 4.58. The van der Waals surface area contributed by atoms with Gasteiger partial charge in [-0.1, -0.05) is 59.7 Å². The molecule has 9 nitrogen and oxygen atoms in total. The predicted octanol–water partition coefficient (Wildman–Crippen LogP) is 4.72. The monoisotopic (exact) mass is 456 g/mol. The molecule has 0 atom stereocenters. The van der Waals surface area contributed by atoms with Gasteiger partial charge in [0, 0.05) is 30.8 Å². The smallest absolute Gasteiger partial charge is 0.281 e. The lowest BCUT2D eigenvalue weighted by molar-refractivity contribution is -0.384. The van der Waals surface area contributed by atoms with Crippen molar-refractivity contribution in [1.82, 2.24) is 14.8 Å². The van der Waals surface area contributed by atoms with Crippen LogP contribution < -0.4 is 10.6 Å². The molecule has 0 fully saturated rings. The Hall–Kier alpha value is -4.53. The maximum Gasteiger partial charge on any atom is 0.281 e. The van der Waals surface area contributed by atoms with Gasteiger partial charge in [0.1, 0.15) is 0 Å². The van der Waals surface area contributed by atoms with Crippen LogP contribution in [0, 0.1) is 24.0 Å². The third-order valence-electron chi connectivity index (χ3n) is 5.27. The molecule has 4 aromatic rings. The van der Waals surface area contributed by atoms with E-state index < -0.39 is 10.8 Å². The topological polar surface area (TPSA) is 115 Å². The molecular formula is C25H24N6O3. The van der Waals surface area contributed by atoms with Gasteiger partial charge in [-0.2, -0.15) is 9.67 Å². The third kappa shape index (κ3) is 5.44. The number of anilines is 2. The maximum atomic E-state index is 13.2. The van der Waals surface area contributed by atoms with Crippen molar-refractivity contribution in [3.05, 3.63) is 111 Å². The third-order valence-corrected chi connectivity index (χ3v) is 5.27. The van der Waals surface area contributed by atoms with Gasteiger partial charge in [0.25, 0.3) is 11.6 Å². The number of aryl methyl sites for hydroxylation is 2. The number of nitro benzene ring substituents is 1. The number of benzene rings is 3. The first kappa shape index (κ1) is 22.7. The van der Waals surface area contributed by atoms with Gasteiger partial charge >= 0.3 is 0 Å². The lowest BCUT2D eigenvalue weighted by atomic mass is 10.1. The van der Waals surface area contributed by atoms with Crippen molar-refractivity contribution in [2.75, 3.05) is 10.6 Å². The molecule has 0 saturated carbocycles. The van der Waals surface area contributed by atoms with Crippen molar-refractivity contribution in [2.24, 2.45) is 0 Å². The fourth-order valence-corrected chi connectivity index (χ4v) is 3.27. The number of nitrogens with zero attached hydrogens (tertiary/aromatic N) is 4. The average Bonchev–Trinajstić information content (AvgIpc) is 3.26. The molecule has 172 valence electrons. The van der Waals surface area contributed by atoms with E-state index in [4.69, 9.17) is 0 Å². The maximum absolute atomic E-state index is 13.2. The second-order valence-electron chi connectivity index (χ2n) is 7.96. The highest BCUT2D eigenvalue weighted by atomic mass is 16.6. The van der Waals surface area contributed by atoms with Crippen LogP contribution in [0.25, 0.3) is 0 Å². The van der Waals surface area contributed by atoms with E-state index in [1.54, 1.807) is 0 Å². The number of hydrogen-bond acceptors (Lipinski definition) is 7. The number of rotatable bonds is 8. The van der Waals surface area contributed by atoms with Gasteiger partial charge in [0.05, 0.1) is 4.92 Å². The van der Waals surface area contributed by atoms with E-state index in [0.717, 1.165) is 16.7 Å². The summed E-state index contributed by atoms with van der Waals surface area (Å²) in [7, 11) is 0. The normalized spacial score (nSPS) is 10.6. The summed E-state index contributed by atoms with van der Waals surface area (Å²) in [6.45, 7) is 4.98. The minimum Gasteiger partial charge on any atom is -0.350 e. The first-order valence-electron chi connectivity index (χ1n) is 10.7. The molecule has 0 saturated heterocycles. The van der Waals surface area contributed by atoms with Crippen molar-refractivity contribution in [3.8, 4) is 0 Å². The molecule has 3 aromatic carbocycles. The molecule has 1 aromatic heterocycles. The number of non-ortho nitro benzene ring substituents is 1. The van der Waals surface area contributed by atoms with E-state index in [9.17, 15) is 14.9 Å². The summed E-state index contributed by atoms with van der Waals surface area (Å²) in [6, 6.07) is 21.5. The van der Waals surface area contributed by atoms with E-state index in [0.29, 0.717) is 19.0 Å². The van der Waals surface area contributed by atoms with E-state index in [1.165, 1.54) is 34.5 Å². The molecule has 0 amide bonds. The Bertz CT molecular complexity index is 1300. The van der Waals surface area contributed by atoms with Gasteiger partial charge < -0.3 is 10.6 Å². The van der Waals surface area contributed by atoms with Crippen LogP contribution in [0.4, 0.5) is 17.6 Å². The minimum absolute atomic E-state index is 0.0895. The molecule has 0 unspecified atom stereocenters. The molecule has 0 spiro atoms. The molecular weight excluding hydrogens is 432 g/mol. The van der Waals surface area contributed by atoms with Gasteiger partial charge in [-0.05, 0) is 37.1 Å². The lowest BCUT2D eigenvalue weighted by Gasteiger charge is -2.07. The van der Waals surface area contributed by atoms with Crippen molar-refractivity contribution >= 4 is 23.5 Å². The molecule has 4 rings (SSSR count). The van der Waals surface area contributed by atoms with Crippen LogP contribution in [0.5, 0.6) is 0 Å². The van der Waals surface area contributed by atoms with Gasteiger partial charge in [0.15, 0.2) is 0 Å². The number of hydrogen-bond donors (Lipinski definition) is 2. The fraction of sp³-hybridized carbons (Fsp3) is 0.160. The summed E-state index contributed by atoms with van der Waals surface area (Å²) in [5, 5.41) is 21.6. The predicted molar refractivity (Wildman–Crippen MR) is 130 cm³/mol. The largest absolute Gasteiger partial charge is 0.350 e. The Balaban J connectivity index is 1.57. The van der Waals surface area contributed by atoms with Gasteiger partial charge in [0.2, 0.25) is 11.9 Å². The first-order valence-corrected chi connectivity index (χ1v) is 10.7. The Labute approximate surface area is 196 Å². The standard InChI is InChI=1S/C25H24N6O3/c1-17-3-7-19(8-4-17)15-26-24-28-25(27-16-20-9-5-18(2)6-10-20)30(29-24)23(32)21-11-13-22(14-12-21)31(33)34/h3-14H,15-16H2,1-2H3,(H2,26,27,28,29). The average molecular weight is 457 g/mol. The van der Waals surface area contributed by atoms with Crippen molar-refractivity contribution in [1.29, 1.82) is 0 Å². The molecule has 0 aliphatic rings. The van der Waals surface area contributed by atoms with E-state index in [-0.39, 0.29) is 17.2 Å². The summed E-state index contributed by atoms with van der Waals surface area (Å²) >= 11 is 0. The summed E-state index contributed by atoms with van der Waals surface area (Å²) in [6.07, 6.45) is 0. The molecule has 34 heavy (non-hydrogen) atoms. The Morgan fingerprint density at radius 1 is 0.853 bits per heavy atom. The highest BCUT2D eigenvalue weighted by Crippen LogP contribution is 2.17. The van der Waals surface area contributed by atoms with Crippen molar-refractivity contribution in [2.45, 2.75) is 26.9 Å². The first-order chi connectivity index (χ1) is 16.4. The van der Waals surface area contributed by atoms with Crippen LogP contribution in [0.15, 0.2) is 72.8 Å². The highest BCUT2D eigenvalue weighted by molar-refractivity contribution is 5.97. The molecule has 0 radical (unpaired) electrons. The second kappa shape index (κ2) is 9.95. The van der Waals surface area contributed by atoms with Crippen LogP contribution in [0.2, 0.25) is 0 Å². The Kier molecular flexibility index (Phi) is 6.63. The molecule has 9 heteroatoms. The van der Waals surface area contributed by atoms with E-state index >= 15 is 0 Å². The highest BCUT2D eigenvalue weighted by Gasteiger charge is 2.19. The molecule has 0 aliphatic heterocycles. The zero-order chi connectivity index (χ0) is 24.1. The second-order valence-corrected chi connectivity index (χ2v) is 7.96. The quantitative estimate of drug-likeness (QED) is 0.291. The van der Waals surface area contributed by atoms with Crippen LogP contribution in [-0.4, -0.2) is 25.6 Å². The number of carbonyl (C=O) groups is 1. The SMILES string of the molecule is Cc1ccc(CNc2nc(NCc3ccc(C)cc3)n(C(=O)c3ccc([N+](=O)[O-])cc3)n2)cc1. The molecule has 2 N–H and O–H groups in total. The van der Waals surface area contributed by atoms with Crippen LogP contribution in [-0.2, 0) is 13.1 Å². The van der Waals surface area contributed by atoms with E-state index in [2.05, 4.69) is 20.7 Å². The zero-order valence-electron chi connectivity index (χ0n) is 18.9. The molecule has 1 heterocycles. The van der Waals surface area contributed by atoms with E-state index in [1.807, 2.05) is 62.4 Å². The summed E-state index contributed by atoms with van der Waals surface area (Å²) < 4.78 is 1.17. The minimum atomic E-state index is -0.509. The number of nitro groups is 1. The van der Waals surface area contributed by atoms with Crippen molar-refractivity contribution < 1.29 is 9.72 Å². The van der Waals surface area contributed by atoms with Crippen LogP contribution in [0.3, 0.4) is 0 Å². The zero-order valence-corrected chi connectivity index (χ0v) is 18.9. The van der Waals surface area contributed by atoms with Gasteiger partial charge in [-0.3, -0.25) is 14.9 Å². The van der Waals surface area contributed by atoms with Crippen LogP contribution in [0.1, 0.15) is 32.6 Å².